The summed E-state index contributed by atoms with van der Waals surface area (Å²) >= 11 is 1.82. The van der Waals surface area contributed by atoms with Crippen LogP contribution in [0.25, 0.3) is 0 Å². The van der Waals surface area contributed by atoms with Gasteiger partial charge in [-0.3, -0.25) is 9.69 Å². The third-order valence-electron chi connectivity index (χ3n) is 5.54. The van der Waals surface area contributed by atoms with Gasteiger partial charge in [-0.25, -0.2) is 0 Å². The number of benzene rings is 1. The van der Waals surface area contributed by atoms with Crippen molar-refractivity contribution in [3.8, 4) is 0 Å². The van der Waals surface area contributed by atoms with Crippen LogP contribution in [0.2, 0.25) is 0 Å². The zero-order valence-corrected chi connectivity index (χ0v) is 18.2. The summed E-state index contributed by atoms with van der Waals surface area (Å²) in [5, 5.41) is 5.30. The van der Waals surface area contributed by atoms with E-state index in [-0.39, 0.29) is 5.91 Å². The molecule has 1 aliphatic rings. The summed E-state index contributed by atoms with van der Waals surface area (Å²) in [5.74, 6) is 0.572. The molecule has 1 aliphatic heterocycles. The number of rotatable bonds is 8. The predicted octanol–water partition coefficient (Wildman–Crippen LogP) is 4.62. The lowest BCUT2D eigenvalue weighted by Crippen LogP contribution is -2.40. The van der Waals surface area contributed by atoms with Crippen LogP contribution in [0.15, 0.2) is 41.8 Å². The van der Waals surface area contributed by atoms with Gasteiger partial charge < -0.3 is 10.2 Å². The topological polar surface area (TPSA) is 35.6 Å². The van der Waals surface area contributed by atoms with E-state index in [1.807, 2.05) is 23.5 Å². The van der Waals surface area contributed by atoms with Crippen molar-refractivity contribution in [2.24, 2.45) is 5.92 Å². The van der Waals surface area contributed by atoms with E-state index in [2.05, 4.69) is 65.5 Å². The second-order valence-electron chi connectivity index (χ2n) is 7.96. The quantitative estimate of drug-likeness (QED) is 0.703. The Morgan fingerprint density at radius 1 is 1.29 bits per heavy atom. The Kier molecular flexibility index (Phi) is 7.51. The van der Waals surface area contributed by atoms with E-state index < -0.39 is 0 Å². The van der Waals surface area contributed by atoms with Gasteiger partial charge in [-0.15, -0.1) is 11.3 Å². The number of amides is 1. The first-order valence-electron chi connectivity index (χ1n) is 10.5. The molecule has 0 spiro atoms. The Bertz CT molecular complexity index is 727. The number of likely N-dealkylation sites (tertiary alicyclic amines) is 1. The van der Waals surface area contributed by atoms with E-state index in [0.29, 0.717) is 12.0 Å². The largest absolute Gasteiger partial charge is 0.369 e. The molecule has 1 saturated heterocycles. The summed E-state index contributed by atoms with van der Waals surface area (Å²) in [6.45, 7) is 11.5. The lowest BCUT2D eigenvalue weighted by Gasteiger charge is -2.32. The number of hydrogen-bond acceptors (Lipinski definition) is 4. The molecule has 1 amide bonds. The maximum absolute atomic E-state index is 12.6. The average Bonchev–Trinajstić information content (AvgIpc) is 3.20. The standard InChI is InChI=1S/C23H33N3OS/c1-4-26(18(2)3)21-11-9-20(10-12-21)23(27)24-15-19-7-5-13-25(16-19)17-22-8-6-14-28-22/h6,8-12,14,18-19H,4-5,7,13,15-17H2,1-3H3,(H,24,27). The molecule has 2 heterocycles. The lowest BCUT2D eigenvalue weighted by atomic mass is 9.97. The Morgan fingerprint density at radius 2 is 2.07 bits per heavy atom. The fourth-order valence-electron chi connectivity index (χ4n) is 4.07. The molecule has 1 atom stereocenters. The molecule has 3 rings (SSSR count). The Balaban J connectivity index is 1.49. The number of nitrogens with zero attached hydrogens (tertiary/aromatic N) is 2. The van der Waals surface area contributed by atoms with Gasteiger partial charge in [-0.05, 0) is 81.8 Å². The molecule has 4 nitrogen and oxygen atoms in total. The van der Waals surface area contributed by atoms with Crippen molar-refractivity contribution < 1.29 is 4.79 Å². The van der Waals surface area contributed by atoms with Crippen molar-refractivity contribution in [2.45, 2.75) is 46.2 Å². The van der Waals surface area contributed by atoms with Crippen molar-refractivity contribution >= 4 is 22.9 Å². The lowest BCUT2D eigenvalue weighted by molar-refractivity contribution is 0.0931. The molecule has 28 heavy (non-hydrogen) atoms. The number of thiophene rings is 1. The van der Waals surface area contributed by atoms with Gasteiger partial charge in [0.2, 0.25) is 0 Å². The minimum Gasteiger partial charge on any atom is -0.369 e. The first kappa shape index (κ1) is 20.9. The van der Waals surface area contributed by atoms with Gasteiger partial charge in [-0.1, -0.05) is 6.07 Å². The third-order valence-corrected chi connectivity index (χ3v) is 6.40. The second kappa shape index (κ2) is 10.1. The molecule has 0 saturated carbocycles. The molecular weight excluding hydrogens is 366 g/mol. The van der Waals surface area contributed by atoms with Gasteiger partial charge in [0.25, 0.3) is 5.91 Å². The van der Waals surface area contributed by atoms with E-state index in [9.17, 15) is 4.79 Å². The summed E-state index contributed by atoms with van der Waals surface area (Å²) < 4.78 is 0. The highest BCUT2D eigenvalue weighted by molar-refractivity contribution is 7.09. The summed E-state index contributed by atoms with van der Waals surface area (Å²) in [7, 11) is 0. The SMILES string of the molecule is CCN(c1ccc(C(=O)NCC2CCCN(Cc3cccs3)C2)cc1)C(C)C. The maximum atomic E-state index is 12.6. The number of anilines is 1. The Hall–Kier alpha value is -1.85. The van der Waals surface area contributed by atoms with E-state index >= 15 is 0 Å². The highest BCUT2D eigenvalue weighted by Gasteiger charge is 2.21. The molecule has 152 valence electrons. The zero-order chi connectivity index (χ0) is 19.9. The number of hydrogen-bond donors (Lipinski definition) is 1. The molecule has 0 bridgehead atoms. The number of carbonyl (C=O) groups is 1. The van der Waals surface area contributed by atoms with Crippen LogP contribution in [-0.4, -0.2) is 43.0 Å². The Morgan fingerprint density at radius 3 is 2.71 bits per heavy atom. The van der Waals surface area contributed by atoms with Crippen molar-refractivity contribution in [1.29, 1.82) is 0 Å². The molecule has 1 unspecified atom stereocenters. The van der Waals surface area contributed by atoms with Crippen molar-refractivity contribution in [1.82, 2.24) is 10.2 Å². The first-order chi connectivity index (χ1) is 13.6. The normalized spacial score (nSPS) is 17.6. The third kappa shape index (κ3) is 5.58. The predicted molar refractivity (Wildman–Crippen MR) is 119 cm³/mol. The second-order valence-corrected chi connectivity index (χ2v) is 8.99. The summed E-state index contributed by atoms with van der Waals surface area (Å²) in [4.78, 5) is 18.8. The van der Waals surface area contributed by atoms with Gasteiger partial charge in [0.1, 0.15) is 0 Å². The van der Waals surface area contributed by atoms with E-state index in [1.54, 1.807) is 0 Å². The molecule has 1 N–H and O–H groups in total. The molecular formula is C23H33N3OS. The minimum absolute atomic E-state index is 0.0366. The van der Waals surface area contributed by atoms with Gasteiger partial charge in [0.15, 0.2) is 0 Å². The van der Waals surface area contributed by atoms with Gasteiger partial charge in [0, 0.05) is 48.3 Å². The van der Waals surface area contributed by atoms with Gasteiger partial charge in [-0.2, -0.15) is 0 Å². The molecule has 2 aromatic rings. The van der Waals surface area contributed by atoms with E-state index in [1.165, 1.54) is 23.4 Å². The highest BCUT2D eigenvalue weighted by atomic mass is 32.1. The monoisotopic (exact) mass is 399 g/mol. The number of nitrogens with one attached hydrogen (secondary N) is 1. The summed E-state index contributed by atoms with van der Waals surface area (Å²) in [6.07, 6.45) is 2.41. The molecule has 5 heteroatoms. The van der Waals surface area contributed by atoms with Crippen LogP contribution in [-0.2, 0) is 6.54 Å². The van der Waals surface area contributed by atoms with Crippen molar-refractivity contribution in [2.75, 3.05) is 31.1 Å². The fourth-order valence-corrected chi connectivity index (χ4v) is 4.82. The van der Waals surface area contributed by atoms with E-state index in [0.717, 1.165) is 38.3 Å². The zero-order valence-electron chi connectivity index (χ0n) is 17.4. The summed E-state index contributed by atoms with van der Waals surface area (Å²) in [5.41, 5.74) is 1.92. The van der Waals surface area contributed by atoms with Crippen LogP contribution in [0.1, 0.15) is 48.8 Å². The summed E-state index contributed by atoms with van der Waals surface area (Å²) in [6, 6.07) is 12.8. The molecule has 1 aromatic heterocycles. The first-order valence-corrected chi connectivity index (χ1v) is 11.3. The Labute approximate surface area is 173 Å². The van der Waals surface area contributed by atoms with Crippen LogP contribution in [0.5, 0.6) is 0 Å². The van der Waals surface area contributed by atoms with Gasteiger partial charge >= 0.3 is 0 Å². The number of piperidine rings is 1. The molecule has 1 aromatic carbocycles. The molecule has 0 radical (unpaired) electrons. The smallest absolute Gasteiger partial charge is 0.251 e. The molecule has 1 fully saturated rings. The van der Waals surface area contributed by atoms with Crippen LogP contribution in [0.4, 0.5) is 5.69 Å². The van der Waals surface area contributed by atoms with Crippen LogP contribution in [0.3, 0.4) is 0 Å². The fraction of sp³-hybridized carbons (Fsp3) is 0.522. The van der Waals surface area contributed by atoms with Gasteiger partial charge in [0.05, 0.1) is 0 Å². The number of carbonyl (C=O) groups excluding carboxylic acids is 1. The van der Waals surface area contributed by atoms with Crippen LogP contribution < -0.4 is 10.2 Å². The van der Waals surface area contributed by atoms with Crippen molar-refractivity contribution in [3.63, 3.8) is 0 Å². The van der Waals surface area contributed by atoms with Crippen molar-refractivity contribution in [3.05, 3.63) is 52.2 Å². The minimum atomic E-state index is 0.0366. The molecule has 0 aliphatic carbocycles. The maximum Gasteiger partial charge on any atom is 0.251 e. The van der Waals surface area contributed by atoms with E-state index in [4.69, 9.17) is 0 Å². The van der Waals surface area contributed by atoms with Crippen LogP contribution >= 0.6 is 11.3 Å². The highest BCUT2D eigenvalue weighted by Crippen LogP contribution is 2.21. The van der Waals surface area contributed by atoms with Crippen LogP contribution in [0, 0.1) is 5.92 Å². The average molecular weight is 400 g/mol.